The minimum Gasteiger partial charge on any atom is -0.319 e. The molecule has 1 saturated heterocycles. The van der Waals surface area contributed by atoms with Crippen LogP contribution in [0.2, 0.25) is 0 Å². The quantitative estimate of drug-likeness (QED) is 0.418. The summed E-state index contributed by atoms with van der Waals surface area (Å²) in [5, 5.41) is 0.212. The van der Waals surface area contributed by atoms with Gasteiger partial charge in [0.2, 0.25) is 0 Å². The van der Waals surface area contributed by atoms with Crippen LogP contribution in [0.3, 0.4) is 0 Å². The van der Waals surface area contributed by atoms with Gasteiger partial charge in [-0.3, -0.25) is 4.79 Å². The van der Waals surface area contributed by atoms with Gasteiger partial charge in [-0.25, -0.2) is 4.79 Å². The molecule has 12 heavy (non-hydrogen) atoms. The second-order valence-corrected chi connectivity index (χ2v) is 2.30. The lowest BCUT2D eigenvalue weighted by molar-refractivity contribution is -0.331. The Labute approximate surface area is 68.1 Å². The first-order valence-corrected chi connectivity index (χ1v) is 3.32. The maximum atomic E-state index is 10.8. The van der Waals surface area contributed by atoms with E-state index in [1.54, 1.807) is 0 Å². The monoisotopic (exact) mass is 175 g/mol. The van der Waals surface area contributed by atoms with Gasteiger partial charge in [-0.1, -0.05) is 0 Å². The lowest BCUT2D eigenvalue weighted by Crippen LogP contribution is -2.44. The number of hydrogen-bond donors (Lipinski definition) is 2. The second kappa shape index (κ2) is 3.48. The highest BCUT2D eigenvalue weighted by Gasteiger charge is 2.24. The number of carbonyl (C=O) groups is 2. The number of hydrogen-bond acceptors (Lipinski definition) is 7. The molecule has 1 aliphatic rings. The molecule has 0 spiro atoms. The first-order chi connectivity index (χ1) is 5.59. The lowest BCUT2D eigenvalue weighted by Gasteiger charge is -2.19. The van der Waals surface area contributed by atoms with Crippen LogP contribution in [-0.2, 0) is 19.3 Å². The summed E-state index contributed by atoms with van der Waals surface area (Å²) in [7, 11) is 0. The number of hydrazine groups is 1. The largest absolute Gasteiger partial charge is 0.347 e. The van der Waals surface area contributed by atoms with Gasteiger partial charge in [0.25, 0.3) is 0 Å². The molecule has 4 N–H and O–H groups in total. The van der Waals surface area contributed by atoms with Gasteiger partial charge >= 0.3 is 11.9 Å². The molecule has 1 fully saturated rings. The van der Waals surface area contributed by atoms with Crippen molar-refractivity contribution in [3.63, 3.8) is 0 Å². The predicted molar refractivity (Wildman–Crippen MR) is 35.4 cm³/mol. The first kappa shape index (κ1) is 8.91. The van der Waals surface area contributed by atoms with E-state index in [1.807, 2.05) is 0 Å². The smallest absolute Gasteiger partial charge is 0.319 e. The molecule has 0 radical (unpaired) electrons. The number of nitrogens with two attached hydrogens (primary N) is 2. The molecule has 1 atom stereocenters. The zero-order valence-electron chi connectivity index (χ0n) is 6.23. The Morgan fingerprint density at radius 2 is 2.08 bits per heavy atom. The Morgan fingerprint density at radius 3 is 2.75 bits per heavy atom. The van der Waals surface area contributed by atoms with Crippen molar-refractivity contribution in [2.75, 3.05) is 0 Å². The van der Waals surface area contributed by atoms with E-state index in [4.69, 9.17) is 11.6 Å². The van der Waals surface area contributed by atoms with E-state index in [2.05, 4.69) is 9.68 Å². The Bertz CT molecular complexity index is 207. The van der Waals surface area contributed by atoms with Gasteiger partial charge < -0.3 is 15.4 Å². The maximum absolute atomic E-state index is 10.8. The average molecular weight is 175 g/mol. The molecule has 1 heterocycles. The summed E-state index contributed by atoms with van der Waals surface area (Å²) in [6.45, 7) is 0. The van der Waals surface area contributed by atoms with Gasteiger partial charge in [0, 0.05) is 6.42 Å². The topological polar surface area (TPSA) is 108 Å². The standard InChI is InChI=1S/C5H9N3O4/c6-3-1-2-4(9)11-8(7)12-5(3)10/h3H,1-2,6-7H2/t3-/m1/s1. The van der Waals surface area contributed by atoms with Crippen LogP contribution in [0.15, 0.2) is 0 Å². The fourth-order valence-corrected chi connectivity index (χ4v) is 0.712. The summed E-state index contributed by atoms with van der Waals surface area (Å²) < 4.78 is 0. The van der Waals surface area contributed by atoms with Gasteiger partial charge in [-0.15, -0.1) is 0 Å². The number of rotatable bonds is 0. The van der Waals surface area contributed by atoms with Crippen molar-refractivity contribution in [1.29, 1.82) is 0 Å². The Kier molecular flexibility index (Phi) is 2.58. The Morgan fingerprint density at radius 1 is 1.42 bits per heavy atom. The van der Waals surface area contributed by atoms with Crippen LogP contribution < -0.4 is 11.6 Å². The minimum atomic E-state index is -0.830. The second-order valence-electron chi connectivity index (χ2n) is 2.30. The molecular formula is C5H9N3O4. The molecule has 0 aliphatic carbocycles. The lowest BCUT2D eigenvalue weighted by atomic mass is 10.2. The van der Waals surface area contributed by atoms with Crippen molar-refractivity contribution in [1.82, 2.24) is 5.34 Å². The van der Waals surface area contributed by atoms with Crippen LogP contribution in [0.25, 0.3) is 0 Å². The summed E-state index contributed by atoms with van der Waals surface area (Å²) in [6, 6.07) is -0.830. The summed E-state index contributed by atoms with van der Waals surface area (Å²) in [5.41, 5.74) is 5.31. The summed E-state index contributed by atoms with van der Waals surface area (Å²) >= 11 is 0. The third kappa shape index (κ3) is 2.16. The van der Waals surface area contributed by atoms with E-state index in [-0.39, 0.29) is 18.2 Å². The summed E-state index contributed by atoms with van der Waals surface area (Å²) in [4.78, 5) is 30.1. The molecule has 0 unspecified atom stereocenters. The van der Waals surface area contributed by atoms with E-state index in [1.165, 1.54) is 0 Å². The van der Waals surface area contributed by atoms with Crippen LogP contribution >= 0.6 is 0 Å². The molecule has 0 saturated carbocycles. The highest BCUT2D eigenvalue weighted by molar-refractivity contribution is 5.77. The molecule has 1 aliphatic heterocycles. The van der Waals surface area contributed by atoms with Gasteiger partial charge in [-0.05, 0) is 6.42 Å². The van der Waals surface area contributed by atoms with Crippen molar-refractivity contribution in [3.05, 3.63) is 0 Å². The molecule has 7 heteroatoms. The highest BCUT2D eigenvalue weighted by Crippen LogP contribution is 2.04. The van der Waals surface area contributed by atoms with Crippen molar-refractivity contribution in [2.24, 2.45) is 11.6 Å². The van der Waals surface area contributed by atoms with Crippen molar-refractivity contribution < 1.29 is 19.3 Å². The highest BCUT2D eigenvalue weighted by atomic mass is 17.0. The molecule has 0 aromatic rings. The fourth-order valence-electron chi connectivity index (χ4n) is 0.712. The fraction of sp³-hybridized carbons (Fsp3) is 0.600. The van der Waals surface area contributed by atoms with Crippen molar-refractivity contribution >= 4 is 11.9 Å². The van der Waals surface area contributed by atoms with Gasteiger partial charge in [0.1, 0.15) is 11.4 Å². The number of nitrogens with zero attached hydrogens (tertiary/aromatic N) is 1. The third-order valence-electron chi connectivity index (χ3n) is 1.33. The summed E-state index contributed by atoms with van der Waals surface area (Å²) in [6.07, 6.45) is 0.246. The molecular weight excluding hydrogens is 166 g/mol. The van der Waals surface area contributed by atoms with Gasteiger partial charge in [0.15, 0.2) is 0 Å². The molecule has 0 amide bonds. The third-order valence-corrected chi connectivity index (χ3v) is 1.33. The predicted octanol–water partition coefficient (Wildman–Crippen LogP) is -1.80. The molecule has 1 rings (SSSR count). The van der Waals surface area contributed by atoms with E-state index < -0.39 is 18.0 Å². The van der Waals surface area contributed by atoms with E-state index >= 15 is 0 Å². The van der Waals surface area contributed by atoms with Crippen LogP contribution in [0.5, 0.6) is 0 Å². The normalized spacial score (nSPS) is 27.0. The van der Waals surface area contributed by atoms with E-state index in [0.717, 1.165) is 0 Å². The van der Waals surface area contributed by atoms with E-state index in [9.17, 15) is 9.59 Å². The van der Waals surface area contributed by atoms with Crippen LogP contribution in [0.4, 0.5) is 0 Å². The minimum absolute atomic E-state index is 0.0456. The molecule has 0 bridgehead atoms. The van der Waals surface area contributed by atoms with Crippen molar-refractivity contribution in [3.8, 4) is 0 Å². The van der Waals surface area contributed by atoms with Gasteiger partial charge in [-0.2, -0.15) is 5.84 Å². The van der Waals surface area contributed by atoms with Crippen LogP contribution in [0, 0.1) is 0 Å². The van der Waals surface area contributed by atoms with Crippen LogP contribution in [-0.4, -0.2) is 23.3 Å². The Hall–Kier alpha value is -1.18. The zero-order valence-corrected chi connectivity index (χ0v) is 6.23. The first-order valence-electron chi connectivity index (χ1n) is 3.32. The summed E-state index contributed by atoms with van der Waals surface area (Å²) in [5.74, 6) is 3.64. The van der Waals surface area contributed by atoms with E-state index in [0.29, 0.717) is 0 Å². The molecule has 68 valence electrons. The maximum Gasteiger partial charge on any atom is 0.347 e. The van der Waals surface area contributed by atoms with Gasteiger partial charge in [0.05, 0.1) is 0 Å². The van der Waals surface area contributed by atoms with Crippen molar-refractivity contribution in [2.45, 2.75) is 18.9 Å². The SMILES string of the molecule is N[C@@H]1CCC(=O)ON(N)OC1=O. The molecule has 0 aromatic heterocycles. The van der Waals surface area contributed by atoms with Crippen LogP contribution in [0.1, 0.15) is 12.8 Å². The zero-order chi connectivity index (χ0) is 9.14. The Balaban J connectivity index is 2.58. The average Bonchev–Trinajstić information content (AvgIpc) is 1.98. The molecule has 7 nitrogen and oxygen atoms in total. The number of carbonyl (C=O) groups excluding carboxylic acids is 2. The molecule has 0 aromatic carbocycles.